The van der Waals surface area contributed by atoms with Crippen LogP contribution in [0.3, 0.4) is 0 Å². The molecule has 0 bridgehead atoms. The molecule has 0 spiro atoms. The molecule has 1 amide bonds. The van der Waals surface area contributed by atoms with E-state index in [2.05, 4.69) is 6.92 Å². The number of carbonyl (C=O) groups is 1. The van der Waals surface area contributed by atoms with Crippen LogP contribution in [0.5, 0.6) is 5.75 Å². The number of hydrogen-bond donors (Lipinski definition) is 0. The standard InChI is InChI=1S/C22H25N3O4S/c1-3-15-8-6-7-12-23(15)19(26)14-24-17-11-13-30-20(17)21(27)25(22(24)28)16-9-4-5-10-18(16)29-2/h4-5,9-11,13,15H,3,6-8,12,14H2,1-2H3/t15-/m1/s1. The molecule has 3 aromatic rings. The van der Waals surface area contributed by atoms with Crippen molar-refractivity contribution in [3.05, 3.63) is 56.5 Å². The molecule has 0 aliphatic carbocycles. The van der Waals surface area contributed by atoms with Gasteiger partial charge in [0.1, 0.15) is 17.0 Å². The zero-order valence-corrected chi connectivity index (χ0v) is 18.0. The Kier molecular flexibility index (Phi) is 5.76. The molecule has 1 aliphatic heterocycles. The third kappa shape index (κ3) is 3.45. The van der Waals surface area contributed by atoms with Crippen molar-refractivity contribution in [3.8, 4) is 11.4 Å². The van der Waals surface area contributed by atoms with Crippen LogP contribution >= 0.6 is 11.3 Å². The van der Waals surface area contributed by atoms with Gasteiger partial charge >= 0.3 is 5.69 Å². The van der Waals surface area contributed by atoms with Gasteiger partial charge in [-0.2, -0.15) is 0 Å². The second-order valence-corrected chi connectivity index (χ2v) is 8.38. The number of ether oxygens (including phenoxy) is 1. The molecular formula is C22H25N3O4S. The van der Waals surface area contributed by atoms with E-state index >= 15 is 0 Å². The predicted octanol–water partition coefficient (Wildman–Crippen LogP) is 3.01. The minimum Gasteiger partial charge on any atom is -0.495 e. The minimum atomic E-state index is -0.534. The Labute approximate surface area is 178 Å². The molecule has 4 rings (SSSR count). The van der Waals surface area contributed by atoms with E-state index in [1.165, 1.54) is 23.0 Å². The lowest BCUT2D eigenvalue weighted by atomic mass is 10.00. The Morgan fingerprint density at radius 3 is 2.77 bits per heavy atom. The van der Waals surface area contributed by atoms with E-state index in [0.29, 0.717) is 28.2 Å². The molecule has 1 atom stereocenters. The van der Waals surface area contributed by atoms with Gasteiger partial charge < -0.3 is 9.64 Å². The van der Waals surface area contributed by atoms with Crippen molar-refractivity contribution < 1.29 is 9.53 Å². The molecule has 1 fully saturated rings. The van der Waals surface area contributed by atoms with E-state index in [4.69, 9.17) is 4.74 Å². The number of likely N-dealkylation sites (tertiary alicyclic amines) is 1. The monoisotopic (exact) mass is 427 g/mol. The van der Waals surface area contributed by atoms with Crippen molar-refractivity contribution in [2.75, 3.05) is 13.7 Å². The fraction of sp³-hybridized carbons (Fsp3) is 0.409. The van der Waals surface area contributed by atoms with E-state index in [-0.39, 0.29) is 18.5 Å². The van der Waals surface area contributed by atoms with Gasteiger partial charge in [0.2, 0.25) is 5.91 Å². The molecule has 0 unspecified atom stereocenters. The smallest absolute Gasteiger partial charge is 0.336 e. The van der Waals surface area contributed by atoms with Crippen LogP contribution in [0, 0.1) is 0 Å². The molecule has 30 heavy (non-hydrogen) atoms. The highest BCUT2D eigenvalue weighted by Crippen LogP contribution is 2.23. The Hall–Kier alpha value is -2.87. The number of para-hydroxylation sites is 2. The number of hydrogen-bond acceptors (Lipinski definition) is 5. The summed E-state index contributed by atoms with van der Waals surface area (Å²) in [6.45, 7) is 2.71. The van der Waals surface area contributed by atoms with Gasteiger partial charge in [0.05, 0.1) is 18.3 Å². The Balaban J connectivity index is 1.85. The molecule has 7 nitrogen and oxygen atoms in total. The van der Waals surface area contributed by atoms with E-state index in [1.54, 1.807) is 35.7 Å². The van der Waals surface area contributed by atoms with Gasteiger partial charge in [0.15, 0.2) is 0 Å². The van der Waals surface area contributed by atoms with Gasteiger partial charge in [0, 0.05) is 12.6 Å². The number of piperidine rings is 1. The van der Waals surface area contributed by atoms with Crippen LogP contribution in [0.25, 0.3) is 15.9 Å². The molecule has 1 saturated heterocycles. The van der Waals surface area contributed by atoms with Gasteiger partial charge in [-0.05, 0) is 49.3 Å². The number of methoxy groups -OCH3 is 1. The zero-order chi connectivity index (χ0) is 21.3. The van der Waals surface area contributed by atoms with Crippen molar-refractivity contribution >= 4 is 27.5 Å². The number of amides is 1. The number of thiophene rings is 1. The molecule has 3 heterocycles. The molecule has 0 saturated carbocycles. The summed E-state index contributed by atoms with van der Waals surface area (Å²) in [7, 11) is 1.50. The molecule has 158 valence electrons. The summed E-state index contributed by atoms with van der Waals surface area (Å²) >= 11 is 1.27. The van der Waals surface area contributed by atoms with Crippen LogP contribution < -0.4 is 16.0 Å². The number of fused-ring (bicyclic) bond motifs is 1. The SMILES string of the molecule is CC[C@@H]1CCCCN1C(=O)Cn1c(=O)n(-c2ccccc2OC)c(=O)c2sccc21. The molecule has 1 aliphatic rings. The van der Waals surface area contributed by atoms with E-state index in [0.717, 1.165) is 30.3 Å². The molecule has 1 aromatic carbocycles. The van der Waals surface area contributed by atoms with Crippen molar-refractivity contribution in [1.82, 2.24) is 14.0 Å². The number of carbonyl (C=O) groups excluding carboxylic acids is 1. The summed E-state index contributed by atoms with van der Waals surface area (Å²) in [5, 5.41) is 1.77. The Bertz CT molecular complexity index is 1190. The average Bonchev–Trinajstić information content (AvgIpc) is 3.27. The van der Waals surface area contributed by atoms with Crippen LogP contribution in [0.4, 0.5) is 0 Å². The van der Waals surface area contributed by atoms with Crippen LogP contribution in [0.2, 0.25) is 0 Å². The number of aromatic nitrogens is 2. The Morgan fingerprint density at radius 2 is 2.00 bits per heavy atom. The van der Waals surface area contributed by atoms with Crippen molar-refractivity contribution in [2.24, 2.45) is 0 Å². The number of nitrogens with zero attached hydrogens (tertiary/aromatic N) is 3. The molecule has 8 heteroatoms. The average molecular weight is 428 g/mol. The molecule has 0 radical (unpaired) electrons. The normalized spacial score (nSPS) is 16.7. The summed E-state index contributed by atoms with van der Waals surface area (Å²) in [4.78, 5) is 41.6. The highest BCUT2D eigenvalue weighted by atomic mass is 32.1. The lowest BCUT2D eigenvalue weighted by Gasteiger charge is -2.35. The maximum absolute atomic E-state index is 13.4. The van der Waals surface area contributed by atoms with Crippen molar-refractivity contribution in [1.29, 1.82) is 0 Å². The maximum Gasteiger partial charge on any atom is 0.336 e. The summed E-state index contributed by atoms with van der Waals surface area (Å²) in [6.07, 6.45) is 3.99. The van der Waals surface area contributed by atoms with E-state index < -0.39 is 11.2 Å². The van der Waals surface area contributed by atoms with Gasteiger partial charge in [-0.25, -0.2) is 9.36 Å². The summed E-state index contributed by atoms with van der Waals surface area (Å²) in [5.74, 6) is 0.342. The number of rotatable bonds is 5. The predicted molar refractivity (Wildman–Crippen MR) is 118 cm³/mol. The van der Waals surface area contributed by atoms with Crippen LogP contribution in [-0.2, 0) is 11.3 Å². The van der Waals surface area contributed by atoms with Crippen LogP contribution in [0.1, 0.15) is 32.6 Å². The van der Waals surface area contributed by atoms with Gasteiger partial charge in [-0.3, -0.25) is 14.2 Å². The summed E-state index contributed by atoms with van der Waals surface area (Å²) in [5.41, 5.74) is -0.0631. The highest BCUT2D eigenvalue weighted by molar-refractivity contribution is 7.17. The quantitative estimate of drug-likeness (QED) is 0.627. The first-order valence-corrected chi connectivity index (χ1v) is 11.1. The lowest BCUT2D eigenvalue weighted by molar-refractivity contribution is -0.135. The van der Waals surface area contributed by atoms with E-state index in [1.807, 2.05) is 4.90 Å². The maximum atomic E-state index is 13.4. The molecular weight excluding hydrogens is 402 g/mol. The number of benzene rings is 1. The first-order chi connectivity index (χ1) is 14.6. The Morgan fingerprint density at radius 1 is 1.20 bits per heavy atom. The first-order valence-electron chi connectivity index (χ1n) is 10.2. The fourth-order valence-corrected chi connectivity index (χ4v) is 5.07. The van der Waals surface area contributed by atoms with Gasteiger partial charge in [0.25, 0.3) is 5.56 Å². The highest BCUT2D eigenvalue weighted by Gasteiger charge is 2.27. The summed E-state index contributed by atoms with van der Waals surface area (Å²) < 4.78 is 8.34. The third-order valence-corrected chi connectivity index (χ3v) is 6.68. The first kappa shape index (κ1) is 20.4. The zero-order valence-electron chi connectivity index (χ0n) is 17.2. The van der Waals surface area contributed by atoms with Gasteiger partial charge in [-0.15, -0.1) is 11.3 Å². The summed E-state index contributed by atoms with van der Waals surface area (Å²) in [6, 6.07) is 8.84. The second-order valence-electron chi connectivity index (χ2n) is 7.46. The van der Waals surface area contributed by atoms with Crippen LogP contribution in [0.15, 0.2) is 45.3 Å². The van der Waals surface area contributed by atoms with Crippen LogP contribution in [-0.4, -0.2) is 39.6 Å². The van der Waals surface area contributed by atoms with Crippen molar-refractivity contribution in [3.63, 3.8) is 0 Å². The van der Waals surface area contributed by atoms with E-state index in [9.17, 15) is 14.4 Å². The minimum absolute atomic E-state index is 0.0821. The topological polar surface area (TPSA) is 73.5 Å². The largest absolute Gasteiger partial charge is 0.495 e. The van der Waals surface area contributed by atoms with Crippen molar-refractivity contribution in [2.45, 2.75) is 45.2 Å². The van der Waals surface area contributed by atoms with Gasteiger partial charge in [-0.1, -0.05) is 19.1 Å². The third-order valence-electron chi connectivity index (χ3n) is 5.79. The second kappa shape index (κ2) is 8.47. The molecule has 2 aromatic heterocycles. The molecule has 0 N–H and O–H groups in total. The fourth-order valence-electron chi connectivity index (χ4n) is 4.25. The lowest BCUT2D eigenvalue weighted by Crippen LogP contribution is -2.47.